The van der Waals surface area contributed by atoms with Crippen LogP contribution in [0, 0.1) is 24.5 Å². The fourth-order valence-electron chi connectivity index (χ4n) is 4.10. The average Bonchev–Trinajstić information content (AvgIpc) is 2.85. The van der Waals surface area contributed by atoms with Crippen LogP contribution in [0.2, 0.25) is 0 Å². The molecular weight excluding hydrogens is 520 g/mol. The summed E-state index contributed by atoms with van der Waals surface area (Å²) in [5.74, 6) is -1.04. The summed E-state index contributed by atoms with van der Waals surface area (Å²) in [6.45, 7) is 3.30. The van der Waals surface area contributed by atoms with Crippen molar-refractivity contribution in [1.29, 1.82) is 0 Å². The van der Waals surface area contributed by atoms with Gasteiger partial charge >= 0.3 is 0 Å². The van der Waals surface area contributed by atoms with Gasteiger partial charge in [-0.05, 0) is 78.6 Å². The molecule has 1 fully saturated rings. The van der Waals surface area contributed by atoms with Gasteiger partial charge in [-0.2, -0.15) is 0 Å². The van der Waals surface area contributed by atoms with E-state index in [-0.39, 0.29) is 34.0 Å². The number of H-pyrrole nitrogens is 1. The van der Waals surface area contributed by atoms with Crippen LogP contribution in [-0.4, -0.2) is 24.0 Å². The van der Waals surface area contributed by atoms with E-state index in [1.807, 2.05) is 24.3 Å². The molecule has 6 nitrogen and oxygen atoms in total. The van der Waals surface area contributed by atoms with Crippen molar-refractivity contribution < 1.29 is 18.3 Å². The molecule has 0 atom stereocenters. The standard InChI is InChI=1S/C26H26BrF2N3O3/c1-15-21(12-16-2-6-20(7-3-16)32-25(33)17-8-10-30-11-9-17)24(23(27)26(34)31-15)35-14-18-4-5-19(28)13-22(18)29/h2-7,13,17,30H,8-12,14H2,1H3,(H,31,34)(H,32,33). The normalized spacial score (nSPS) is 14.1. The molecule has 0 spiro atoms. The Hall–Kier alpha value is -3.04. The molecule has 9 heteroatoms. The first-order valence-electron chi connectivity index (χ1n) is 11.4. The second-order valence-corrected chi connectivity index (χ2v) is 9.41. The Labute approximate surface area is 210 Å². The molecule has 0 aliphatic carbocycles. The van der Waals surface area contributed by atoms with Gasteiger partial charge in [-0.15, -0.1) is 0 Å². The minimum absolute atomic E-state index is 0.0164. The fraction of sp³-hybridized carbons (Fsp3) is 0.308. The quantitative estimate of drug-likeness (QED) is 0.397. The van der Waals surface area contributed by atoms with Gasteiger partial charge in [0.15, 0.2) is 0 Å². The molecule has 2 heterocycles. The van der Waals surface area contributed by atoms with E-state index in [2.05, 4.69) is 31.5 Å². The highest BCUT2D eigenvalue weighted by Crippen LogP contribution is 2.31. The number of nitrogens with one attached hydrogen (secondary N) is 3. The van der Waals surface area contributed by atoms with Crippen LogP contribution in [0.1, 0.15) is 35.2 Å². The maximum absolute atomic E-state index is 14.1. The zero-order chi connectivity index (χ0) is 24.9. The predicted molar refractivity (Wildman–Crippen MR) is 134 cm³/mol. The summed E-state index contributed by atoms with van der Waals surface area (Å²) in [7, 11) is 0. The van der Waals surface area contributed by atoms with E-state index in [1.54, 1.807) is 6.92 Å². The van der Waals surface area contributed by atoms with Crippen LogP contribution in [0.5, 0.6) is 5.75 Å². The molecule has 0 bridgehead atoms. The molecule has 184 valence electrons. The number of anilines is 1. The van der Waals surface area contributed by atoms with Gasteiger partial charge in [0.2, 0.25) is 5.91 Å². The first-order valence-corrected chi connectivity index (χ1v) is 12.2. The minimum Gasteiger partial charge on any atom is -0.487 e. The first-order chi connectivity index (χ1) is 16.8. The summed E-state index contributed by atoms with van der Waals surface area (Å²) in [6, 6.07) is 10.8. The Morgan fingerprint density at radius 3 is 2.54 bits per heavy atom. The van der Waals surface area contributed by atoms with Crippen LogP contribution >= 0.6 is 15.9 Å². The van der Waals surface area contributed by atoms with Gasteiger partial charge in [-0.3, -0.25) is 9.59 Å². The summed E-state index contributed by atoms with van der Waals surface area (Å²) in [6.07, 6.45) is 2.09. The van der Waals surface area contributed by atoms with Gasteiger partial charge in [-0.25, -0.2) is 8.78 Å². The molecular formula is C26H26BrF2N3O3. The number of hydrogen-bond acceptors (Lipinski definition) is 4. The number of aromatic amines is 1. The number of carbonyl (C=O) groups is 1. The highest BCUT2D eigenvalue weighted by atomic mass is 79.9. The molecule has 1 aliphatic rings. The van der Waals surface area contributed by atoms with Gasteiger partial charge in [-0.1, -0.05) is 12.1 Å². The van der Waals surface area contributed by atoms with E-state index in [0.717, 1.165) is 54.9 Å². The first kappa shape index (κ1) is 25.1. The number of aryl methyl sites for hydroxylation is 1. The number of benzene rings is 2. The Balaban J connectivity index is 1.50. The lowest BCUT2D eigenvalue weighted by atomic mass is 9.97. The number of pyridine rings is 1. The largest absolute Gasteiger partial charge is 0.487 e. The number of hydrogen-bond donors (Lipinski definition) is 3. The molecule has 1 saturated heterocycles. The summed E-state index contributed by atoms with van der Waals surface area (Å²) in [5.41, 5.74) is 2.82. The lowest BCUT2D eigenvalue weighted by Crippen LogP contribution is -2.34. The summed E-state index contributed by atoms with van der Waals surface area (Å²) in [5, 5.41) is 6.24. The van der Waals surface area contributed by atoms with Crippen molar-refractivity contribution in [3.8, 4) is 5.75 Å². The number of halogens is 3. The molecule has 1 amide bonds. The maximum atomic E-state index is 14.1. The third kappa shape index (κ3) is 6.15. The van der Waals surface area contributed by atoms with E-state index < -0.39 is 11.6 Å². The molecule has 4 rings (SSSR count). The number of amides is 1. The van der Waals surface area contributed by atoms with Crippen molar-refractivity contribution in [3.05, 3.63) is 91.3 Å². The molecule has 0 radical (unpaired) electrons. The molecule has 35 heavy (non-hydrogen) atoms. The molecule has 1 aromatic heterocycles. The number of aromatic nitrogens is 1. The van der Waals surface area contributed by atoms with Crippen molar-refractivity contribution in [1.82, 2.24) is 10.3 Å². The summed E-state index contributed by atoms with van der Waals surface area (Å²) >= 11 is 3.28. The smallest absolute Gasteiger partial charge is 0.266 e. The van der Waals surface area contributed by atoms with Gasteiger partial charge in [0.25, 0.3) is 5.56 Å². The van der Waals surface area contributed by atoms with Crippen LogP contribution in [0.25, 0.3) is 0 Å². The van der Waals surface area contributed by atoms with E-state index in [1.165, 1.54) is 6.07 Å². The SMILES string of the molecule is Cc1[nH]c(=O)c(Br)c(OCc2ccc(F)cc2F)c1Cc1ccc(NC(=O)C2CCNCC2)cc1. The van der Waals surface area contributed by atoms with Gasteiger partial charge in [0, 0.05) is 40.9 Å². The van der Waals surface area contributed by atoms with Crippen molar-refractivity contribution >= 4 is 27.5 Å². The van der Waals surface area contributed by atoms with Crippen molar-refractivity contribution in [2.45, 2.75) is 32.8 Å². The Kier molecular flexibility index (Phi) is 7.97. The lowest BCUT2D eigenvalue weighted by Gasteiger charge is -2.21. The van der Waals surface area contributed by atoms with Crippen molar-refractivity contribution in [2.75, 3.05) is 18.4 Å². The second kappa shape index (κ2) is 11.1. The number of piperidine rings is 1. The number of ether oxygens (including phenoxy) is 1. The van der Waals surface area contributed by atoms with Crippen molar-refractivity contribution in [2.24, 2.45) is 5.92 Å². The number of carbonyl (C=O) groups excluding carboxylic acids is 1. The Bertz CT molecular complexity index is 1270. The van der Waals surface area contributed by atoms with Gasteiger partial charge in [0.1, 0.15) is 28.5 Å². The average molecular weight is 546 g/mol. The molecule has 3 N–H and O–H groups in total. The van der Waals surface area contributed by atoms with E-state index in [0.29, 0.717) is 17.9 Å². The third-order valence-corrected chi connectivity index (χ3v) is 6.85. The molecule has 1 aliphatic heterocycles. The monoisotopic (exact) mass is 545 g/mol. The minimum atomic E-state index is -0.716. The lowest BCUT2D eigenvalue weighted by molar-refractivity contribution is -0.120. The van der Waals surface area contributed by atoms with Gasteiger partial charge < -0.3 is 20.4 Å². The molecule has 3 aromatic rings. The predicted octanol–water partition coefficient (Wildman–Crippen LogP) is 4.83. The Morgan fingerprint density at radius 2 is 1.86 bits per heavy atom. The van der Waals surface area contributed by atoms with Crippen molar-refractivity contribution in [3.63, 3.8) is 0 Å². The van der Waals surface area contributed by atoms with E-state index >= 15 is 0 Å². The highest BCUT2D eigenvalue weighted by Gasteiger charge is 2.21. The second-order valence-electron chi connectivity index (χ2n) is 8.61. The fourth-order valence-corrected chi connectivity index (χ4v) is 4.55. The van der Waals surface area contributed by atoms with E-state index in [9.17, 15) is 18.4 Å². The third-order valence-electron chi connectivity index (χ3n) is 6.13. The maximum Gasteiger partial charge on any atom is 0.266 e. The van der Waals surface area contributed by atoms with Crippen LogP contribution in [0.3, 0.4) is 0 Å². The van der Waals surface area contributed by atoms with E-state index in [4.69, 9.17) is 4.74 Å². The summed E-state index contributed by atoms with van der Waals surface area (Å²) < 4.78 is 33.4. The van der Waals surface area contributed by atoms with Crippen LogP contribution in [0.4, 0.5) is 14.5 Å². The molecule has 0 saturated carbocycles. The van der Waals surface area contributed by atoms with Gasteiger partial charge in [0.05, 0.1) is 0 Å². The number of rotatable bonds is 7. The zero-order valence-electron chi connectivity index (χ0n) is 19.2. The van der Waals surface area contributed by atoms with Crippen LogP contribution in [0.15, 0.2) is 51.7 Å². The van der Waals surface area contributed by atoms with Crippen LogP contribution < -0.4 is 20.9 Å². The topological polar surface area (TPSA) is 83.2 Å². The van der Waals surface area contributed by atoms with Crippen LogP contribution in [-0.2, 0) is 17.8 Å². The Morgan fingerprint density at radius 1 is 1.14 bits per heavy atom. The molecule has 0 unspecified atom stereocenters. The highest BCUT2D eigenvalue weighted by molar-refractivity contribution is 9.10. The summed E-state index contributed by atoms with van der Waals surface area (Å²) in [4.78, 5) is 27.6. The molecule has 2 aromatic carbocycles. The zero-order valence-corrected chi connectivity index (χ0v) is 20.8.